The fourth-order valence-corrected chi connectivity index (χ4v) is 2.34. The Balaban J connectivity index is 0.00000200. The maximum Gasteiger partial charge on any atom is 0.194 e. The first-order valence-corrected chi connectivity index (χ1v) is 6.87. The number of nitrogens with one attached hydrogen (secondary N) is 1. The van der Waals surface area contributed by atoms with Gasteiger partial charge >= 0.3 is 0 Å². The molecule has 1 unspecified atom stereocenters. The molecule has 0 saturated heterocycles. The van der Waals surface area contributed by atoms with Crippen molar-refractivity contribution in [2.24, 2.45) is 10.7 Å². The van der Waals surface area contributed by atoms with Gasteiger partial charge in [-0.05, 0) is 19.1 Å². The van der Waals surface area contributed by atoms with Crippen molar-refractivity contribution in [3.05, 3.63) is 40.5 Å². The van der Waals surface area contributed by atoms with E-state index in [4.69, 9.17) is 5.73 Å². The normalized spacial score (nSPS) is 12.6. The Morgan fingerprint density at radius 2 is 2.25 bits per heavy atom. The van der Waals surface area contributed by atoms with Crippen molar-refractivity contribution in [1.29, 1.82) is 0 Å². The number of hydrogen-bond acceptors (Lipinski definition) is 4. The summed E-state index contributed by atoms with van der Waals surface area (Å²) in [7, 11) is 0. The number of guanidine groups is 1. The summed E-state index contributed by atoms with van der Waals surface area (Å²) in [5, 5.41) is 4.04. The van der Waals surface area contributed by atoms with Gasteiger partial charge in [-0.1, -0.05) is 13.0 Å². The van der Waals surface area contributed by atoms with Crippen molar-refractivity contribution in [3.8, 4) is 0 Å². The quantitative estimate of drug-likeness (QED) is 0.468. The number of hydrogen-bond donors (Lipinski definition) is 2. The molecule has 0 fully saturated rings. The Bertz CT molecular complexity index is 555. The Labute approximate surface area is 139 Å². The van der Waals surface area contributed by atoms with E-state index >= 15 is 0 Å². The first-order chi connectivity index (χ1) is 9.15. The first-order valence-electron chi connectivity index (χ1n) is 6.05. The number of aryl methyl sites for hydroxylation is 1. The van der Waals surface area contributed by atoms with Crippen molar-refractivity contribution < 1.29 is 0 Å². The molecule has 0 bridgehead atoms. The Morgan fingerprint density at radius 3 is 2.85 bits per heavy atom. The third-order valence-electron chi connectivity index (χ3n) is 2.52. The summed E-state index contributed by atoms with van der Waals surface area (Å²) in [6, 6.07) is 5.59. The van der Waals surface area contributed by atoms with Crippen molar-refractivity contribution >= 4 is 47.1 Å². The molecule has 0 spiro atoms. The summed E-state index contributed by atoms with van der Waals surface area (Å²) >= 11 is 1.70. The molecule has 5 nitrogen and oxygen atoms in total. The van der Waals surface area contributed by atoms with E-state index in [1.165, 1.54) is 4.88 Å². The van der Waals surface area contributed by atoms with Crippen molar-refractivity contribution in [2.75, 3.05) is 11.9 Å². The molecule has 108 valence electrons. The van der Waals surface area contributed by atoms with E-state index in [0.717, 1.165) is 5.01 Å². The molecule has 0 aliphatic carbocycles. The zero-order chi connectivity index (χ0) is 13.7. The van der Waals surface area contributed by atoms with Crippen LogP contribution in [0.15, 0.2) is 35.6 Å². The van der Waals surface area contributed by atoms with Crippen molar-refractivity contribution in [1.82, 2.24) is 9.97 Å². The lowest BCUT2D eigenvalue weighted by molar-refractivity contribution is 0.766. The summed E-state index contributed by atoms with van der Waals surface area (Å²) in [5.41, 5.74) is 5.82. The lowest BCUT2D eigenvalue weighted by Crippen LogP contribution is -2.23. The highest BCUT2D eigenvalue weighted by molar-refractivity contribution is 14.0. The molecule has 2 heterocycles. The van der Waals surface area contributed by atoms with Crippen LogP contribution in [0.25, 0.3) is 0 Å². The van der Waals surface area contributed by atoms with Crippen LogP contribution < -0.4 is 11.1 Å². The van der Waals surface area contributed by atoms with E-state index in [1.54, 1.807) is 17.5 Å². The van der Waals surface area contributed by atoms with Gasteiger partial charge in [0.15, 0.2) is 5.96 Å². The van der Waals surface area contributed by atoms with Crippen LogP contribution in [0.3, 0.4) is 0 Å². The lowest BCUT2D eigenvalue weighted by atomic mass is 10.2. The van der Waals surface area contributed by atoms with Crippen LogP contribution in [-0.4, -0.2) is 22.5 Å². The monoisotopic (exact) mass is 403 g/mol. The molecule has 0 amide bonds. The standard InChI is InChI=1S/C13H17N5S.HI/c1-9(12-16-8-10(2)19-12)7-17-13(14)18-11-5-3-4-6-15-11;/h3-6,8-9H,7H2,1-2H3,(H3,14,15,17,18);1H. The summed E-state index contributed by atoms with van der Waals surface area (Å²) in [6.07, 6.45) is 3.59. The second-order valence-corrected chi connectivity index (χ2v) is 5.54. The second-order valence-electron chi connectivity index (χ2n) is 4.28. The van der Waals surface area contributed by atoms with E-state index in [1.807, 2.05) is 31.3 Å². The number of nitrogens with two attached hydrogens (primary N) is 1. The summed E-state index contributed by atoms with van der Waals surface area (Å²) in [6.45, 7) is 4.75. The highest BCUT2D eigenvalue weighted by atomic mass is 127. The highest BCUT2D eigenvalue weighted by Crippen LogP contribution is 2.21. The van der Waals surface area contributed by atoms with Gasteiger partial charge in [-0.25, -0.2) is 9.97 Å². The van der Waals surface area contributed by atoms with Crippen molar-refractivity contribution in [2.45, 2.75) is 19.8 Å². The number of rotatable bonds is 4. The fourth-order valence-electron chi connectivity index (χ4n) is 1.52. The smallest absolute Gasteiger partial charge is 0.194 e. The molecule has 0 aliphatic rings. The minimum atomic E-state index is 0. The van der Waals surface area contributed by atoms with Gasteiger partial charge in [0.1, 0.15) is 5.82 Å². The minimum absolute atomic E-state index is 0. The number of aromatic nitrogens is 2. The number of nitrogens with zero attached hydrogens (tertiary/aromatic N) is 3. The van der Waals surface area contributed by atoms with Crippen LogP contribution in [0.1, 0.15) is 22.7 Å². The fraction of sp³-hybridized carbons (Fsp3) is 0.308. The van der Waals surface area contributed by atoms with Gasteiger partial charge in [-0.2, -0.15) is 0 Å². The zero-order valence-corrected chi connectivity index (χ0v) is 14.6. The molecular formula is C13H18IN5S. The lowest BCUT2D eigenvalue weighted by Gasteiger charge is -2.07. The molecule has 20 heavy (non-hydrogen) atoms. The van der Waals surface area contributed by atoms with Crippen LogP contribution in [-0.2, 0) is 0 Å². The summed E-state index contributed by atoms with van der Waals surface area (Å²) in [4.78, 5) is 14.0. The molecule has 1 atom stereocenters. The third kappa shape index (κ3) is 5.04. The number of thiazole rings is 1. The third-order valence-corrected chi connectivity index (χ3v) is 3.66. The molecule has 0 saturated carbocycles. The van der Waals surface area contributed by atoms with Crippen LogP contribution >= 0.6 is 35.3 Å². The van der Waals surface area contributed by atoms with Crippen LogP contribution in [0, 0.1) is 6.92 Å². The van der Waals surface area contributed by atoms with Crippen LogP contribution in [0.5, 0.6) is 0 Å². The Morgan fingerprint density at radius 1 is 1.45 bits per heavy atom. The molecule has 2 aromatic rings. The Kier molecular flexibility index (Phi) is 6.86. The van der Waals surface area contributed by atoms with E-state index in [0.29, 0.717) is 18.3 Å². The van der Waals surface area contributed by atoms with Crippen LogP contribution in [0.2, 0.25) is 0 Å². The highest BCUT2D eigenvalue weighted by Gasteiger charge is 2.08. The maximum atomic E-state index is 5.82. The van der Waals surface area contributed by atoms with Crippen molar-refractivity contribution in [3.63, 3.8) is 0 Å². The first kappa shape index (κ1) is 16.8. The van der Waals surface area contributed by atoms with E-state index in [9.17, 15) is 0 Å². The summed E-state index contributed by atoms with van der Waals surface area (Å²) in [5.74, 6) is 1.34. The average Bonchev–Trinajstić information content (AvgIpc) is 2.84. The summed E-state index contributed by atoms with van der Waals surface area (Å²) < 4.78 is 0. The Hall–Kier alpha value is -1.22. The molecule has 0 aliphatic heterocycles. The molecule has 7 heteroatoms. The van der Waals surface area contributed by atoms with Gasteiger partial charge in [-0.3, -0.25) is 4.99 Å². The van der Waals surface area contributed by atoms with E-state index in [2.05, 4.69) is 27.2 Å². The topological polar surface area (TPSA) is 76.2 Å². The number of anilines is 1. The number of pyridine rings is 1. The minimum Gasteiger partial charge on any atom is -0.370 e. The molecule has 2 aromatic heterocycles. The average molecular weight is 403 g/mol. The molecule has 3 N–H and O–H groups in total. The predicted octanol–water partition coefficient (Wildman–Crippen LogP) is 2.99. The van der Waals surface area contributed by atoms with Gasteiger partial charge < -0.3 is 11.1 Å². The zero-order valence-electron chi connectivity index (χ0n) is 11.4. The van der Waals surface area contributed by atoms with E-state index in [-0.39, 0.29) is 29.9 Å². The van der Waals surface area contributed by atoms with Gasteiger partial charge in [0, 0.05) is 23.2 Å². The maximum absolute atomic E-state index is 5.82. The van der Waals surface area contributed by atoms with Gasteiger partial charge in [0.25, 0.3) is 0 Å². The largest absolute Gasteiger partial charge is 0.370 e. The van der Waals surface area contributed by atoms with Gasteiger partial charge in [-0.15, -0.1) is 35.3 Å². The van der Waals surface area contributed by atoms with Gasteiger partial charge in [0.2, 0.25) is 0 Å². The van der Waals surface area contributed by atoms with Crippen LogP contribution in [0.4, 0.5) is 5.82 Å². The molecule has 2 rings (SSSR count). The predicted molar refractivity (Wildman–Crippen MR) is 95.0 cm³/mol. The molecule has 0 aromatic carbocycles. The van der Waals surface area contributed by atoms with Gasteiger partial charge in [0.05, 0.1) is 11.6 Å². The number of halogens is 1. The SMILES string of the molecule is Cc1cnc(C(C)CN=C(N)Nc2ccccn2)s1.I. The molecule has 0 radical (unpaired) electrons. The number of aliphatic imine (C=N–C) groups is 1. The van der Waals surface area contributed by atoms with E-state index < -0.39 is 0 Å². The second kappa shape index (κ2) is 8.15. The molecular weight excluding hydrogens is 385 g/mol.